The Morgan fingerprint density at radius 3 is 2.57 bits per heavy atom. The summed E-state index contributed by atoms with van der Waals surface area (Å²) in [6, 6.07) is 4.04. The van der Waals surface area contributed by atoms with E-state index in [4.69, 9.17) is 5.11 Å². The van der Waals surface area contributed by atoms with Gasteiger partial charge in [-0.25, -0.2) is 9.59 Å². The van der Waals surface area contributed by atoms with Gasteiger partial charge >= 0.3 is 12.0 Å². The number of carboxylic acid groups (broad SMARTS) is 1. The highest BCUT2D eigenvalue weighted by Crippen LogP contribution is 2.16. The lowest BCUT2D eigenvalue weighted by Crippen LogP contribution is -2.37. The van der Waals surface area contributed by atoms with Crippen LogP contribution in [0.4, 0.5) is 10.5 Å². The Bertz CT molecular complexity index is 560. The zero-order valence-corrected chi connectivity index (χ0v) is 13.1. The quantitative estimate of drug-likeness (QED) is 0.748. The molecule has 2 unspecified atom stereocenters. The molecule has 3 N–H and O–H groups in total. The maximum Gasteiger partial charge on any atom is 0.335 e. The summed E-state index contributed by atoms with van der Waals surface area (Å²) in [7, 11) is -0.877. The smallest absolute Gasteiger partial charge is 0.335 e. The van der Waals surface area contributed by atoms with E-state index >= 15 is 0 Å². The highest BCUT2D eigenvalue weighted by Gasteiger charge is 2.10. The van der Waals surface area contributed by atoms with Crippen molar-refractivity contribution in [2.45, 2.75) is 26.3 Å². The number of hydrogen-bond donors (Lipinski definition) is 3. The summed E-state index contributed by atoms with van der Waals surface area (Å²) in [5, 5.41) is 14.3. The summed E-state index contributed by atoms with van der Waals surface area (Å²) in [6.07, 6.45) is 2.26. The van der Waals surface area contributed by atoms with Crippen molar-refractivity contribution in [3.05, 3.63) is 29.3 Å². The van der Waals surface area contributed by atoms with E-state index in [0.29, 0.717) is 23.4 Å². The molecule has 0 aliphatic rings. The highest BCUT2D eigenvalue weighted by atomic mass is 32.2. The van der Waals surface area contributed by atoms with E-state index in [-0.39, 0.29) is 17.6 Å². The van der Waals surface area contributed by atoms with Crippen LogP contribution in [0.5, 0.6) is 0 Å². The molecule has 0 spiro atoms. The lowest BCUT2D eigenvalue weighted by Gasteiger charge is -2.15. The first-order valence-corrected chi connectivity index (χ1v) is 8.23. The zero-order chi connectivity index (χ0) is 16.0. The molecule has 0 saturated heterocycles. The van der Waals surface area contributed by atoms with Crippen LogP contribution < -0.4 is 10.6 Å². The number of anilines is 1. The molecule has 0 aliphatic heterocycles. The van der Waals surface area contributed by atoms with E-state index in [2.05, 4.69) is 10.6 Å². The summed E-state index contributed by atoms with van der Waals surface area (Å²) in [5.74, 6) is -0.469. The van der Waals surface area contributed by atoms with E-state index in [1.54, 1.807) is 19.2 Å². The average molecular weight is 312 g/mol. The lowest BCUT2D eigenvalue weighted by atomic mass is 10.1. The van der Waals surface area contributed by atoms with Crippen molar-refractivity contribution in [2.75, 3.05) is 17.3 Å². The van der Waals surface area contributed by atoms with E-state index in [9.17, 15) is 13.8 Å². The number of hydrogen-bond acceptors (Lipinski definition) is 3. The second-order valence-corrected chi connectivity index (χ2v) is 6.45. The molecule has 1 aromatic carbocycles. The largest absolute Gasteiger partial charge is 0.478 e. The van der Waals surface area contributed by atoms with Crippen LogP contribution in [-0.2, 0) is 10.8 Å². The number of rotatable bonds is 6. The summed E-state index contributed by atoms with van der Waals surface area (Å²) in [4.78, 5) is 22.7. The van der Waals surface area contributed by atoms with Gasteiger partial charge in [-0.2, -0.15) is 0 Å². The van der Waals surface area contributed by atoms with Gasteiger partial charge in [0.25, 0.3) is 0 Å². The summed E-state index contributed by atoms with van der Waals surface area (Å²) in [5.41, 5.74) is 1.41. The second kappa shape index (κ2) is 7.78. The number of urea groups is 1. The number of aromatic carboxylic acids is 1. The van der Waals surface area contributed by atoms with Crippen LogP contribution in [0.25, 0.3) is 0 Å². The van der Waals surface area contributed by atoms with E-state index in [0.717, 1.165) is 0 Å². The standard InChI is InChI=1S/C14H20N2O4S/c1-9-8-11(13(17)18)4-5-12(9)16-14(19)15-10(2)6-7-21(3)20/h4-5,8,10H,6-7H2,1-3H3,(H,17,18)(H2,15,16,19). The third-order valence-electron chi connectivity index (χ3n) is 2.94. The number of carboxylic acids is 1. The molecule has 0 fully saturated rings. The Morgan fingerprint density at radius 1 is 1.38 bits per heavy atom. The van der Waals surface area contributed by atoms with Crippen molar-refractivity contribution in [2.24, 2.45) is 0 Å². The Kier molecular flexibility index (Phi) is 6.36. The molecule has 116 valence electrons. The fourth-order valence-electron chi connectivity index (χ4n) is 1.73. The number of aryl methyl sites for hydroxylation is 1. The van der Waals surface area contributed by atoms with E-state index in [1.165, 1.54) is 12.1 Å². The highest BCUT2D eigenvalue weighted by molar-refractivity contribution is 7.84. The van der Waals surface area contributed by atoms with E-state index in [1.807, 2.05) is 6.92 Å². The Morgan fingerprint density at radius 2 is 2.05 bits per heavy atom. The monoisotopic (exact) mass is 312 g/mol. The van der Waals surface area contributed by atoms with Gasteiger partial charge in [0.1, 0.15) is 0 Å². The first kappa shape index (κ1) is 17.2. The molecule has 0 aromatic heterocycles. The molecule has 2 atom stereocenters. The maximum absolute atomic E-state index is 11.8. The molecule has 0 radical (unpaired) electrons. The van der Waals surface area contributed by atoms with Crippen LogP contribution in [0.2, 0.25) is 0 Å². The molecule has 1 rings (SSSR count). The first-order valence-electron chi connectivity index (χ1n) is 6.51. The van der Waals surface area contributed by atoms with Gasteiger partial charge in [0, 0.05) is 34.5 Å². The van der Waals surface area contributed by atoms with Crippen molar-refractivity contribution in [3.8, 4) is 0 Å². The molecule has 2 amide bonds. The Labute approximate surface area is 126 Å². The predicted octanol–water partition coefficient (Wildman–Crippen LogP) is 1.97. The fraction of sp³-hybridized carbons (Fsp3) is 0.429. The second-order valence-electron chi connectivity index (χ2n) is 4.90. The van der Waals surface area contributed by atoms with Gasteiger partial charge in [0.2, 0.25) is 0 Å². The maximum atomic E-state index is 11.8. The zero-order valence-electron chi connectivity index (χ0n) is 12.3. The van der Waals surface area contributed by atoms with Crippen molar-refractivity contribution in [1.29, 1.82) is 0 Å². The summed E-state index contributed by atoms with van der Waals surface area (Å²) >= 11 is 0. The molecule has 7 heteroatoms. The molecule has 0 saturated carbocycles. The van der Waals surface area contributed by atoms with Gasteiger partial charge in [-0.05, 0) is 44.0 Å². The molecule has 0 heterocycles. The first-order chi connectivity index (χ1) is 9.79. The predicted molar refractivity (Wildman–Crippen MR) is 83.3 cm³/mol. The molecular weight excluding hydrogens is 292 g/mol. The Hall–Kier alpha value is -1.89. The van der Waals surface area contributed by atoms with E-state index < -0.39 is 16.8 Å². The third kappa shape index (κ3) is 5.95. The molecule has 0 aliphatic carbocycles. The van der Waals surface area contributed by atoms with Gasteiger partial charge in [-0.1, -0.05) is 0 Å². The fourth-order valence-corrected chi connectivity index (χ4v) is 2.42. The van der Waals surface area contributed by atoms with Gasteiger partial charge < -0.3 is 15.7 Å². The Balaban J connectivity index is 2.58. The third-order valence-corrected chi connectivity index (χ3v) is 3.75. The number of carbonyl (C=O) groups excluding carboxylic acids is 1. The minimum Gasteiger partial charge on any atom is -0.478 e. The topological polar surface area (TPSA) is 95.5 Å². The van der Waals surface area contributed by atoms with Crippen LogP contribution in [0.1, 0.15) is 29.3 Å². The average Bonchev–Trinajstić information content (AvgIpc) is 2.38. The molecule has 6 nitrogen and oxygen atoms in total. The molecular formula is C14H20N2O4S. The van der Waals surface area contributed by atoms with Crippen LogP contribution >= 0.6 is 0 Å². The molecule has 0 bridgehead atoms. The summed E-state index contributed by atoms with van der Waals surface area (Å²) < 4.78 is 11.0. The van der Waals surface area contributed by atoms with Crippen molar-refractivity contribution < 1.29 is 18.9 Å². The molecule has 21 heavy (non-hydrogen) atoms. The SMILES string of the molecule is Cc1cc(C(=O)O)ccc1NC(=O)NC(C)CCS(C)=O. The normalized spacial score (nSPS) is 13.3. The summed E-state index contributed by atoms with van der Waals surface area (Å²) in [6.45, 7) is 3.57. The minimum absolute atomic E-state index is 0.0903. The minimum atomic E-state index is -1.00. The molecule has 1 aromatic rings. The number of carbonyl (C=O) groups is 2. The van der Waals surface area contributed by atoms with Gasteiger partial charge in [0.05, 0.1) is 5.56 Å². The number of amides is 2. The number of benzene rings is 1. The van der Waals surface area contributed by atoms with Crippen molar-refractivity contribution in [1.82, 2.24) is 5.32 Å². The van der Waals surface area contributed by atoms with Crippen LogP contribution in [0.15, 0.2) is 18.2 Å². The van der Waals surface area contributed by atoms with Gasteiger partial charge in [-0.15, -0.1) is 0 Å². The lowest BCUT2D eigenvalue weighted by molar-refractivity contribution is 0.0697. The van der Waals surface area contributed by atoms with Crippen molar-refractivity contribution in [3.63, 3.8) is 0 Å². The van der Waals surface area contributed by atoms with Crippen molar-refractivity contribution >= 4 is 28.5 Å². The van der Waals surface area contributed by atoms with Gasteiger partial charge in [-0.3, -0.25) is 4.21 Å². The number of nitrogens with one attached hydrogen (secondary N) is 2. The van der Waals surface area contributed by atoms with Crippen LogP contribution in [0.3, 0.4) is 0 Å². The van der Waals surface area contributed by atoms with Crippen LogP contribution in [-0.4, -0.2) is 39.4 Å². The van der Waals surface area contributed by atoms with Gasteiger partial charge in [0.15, 0.2) is 0 Å². The van der Waals surface area contributed by atoms with Crippen LogP contribution in [0, 0.1) is 6.92 Å².